The van der Waals surface area contributed by atoms with E-state index in [2.05, 4.69) is 15.2 Å². The number of aliphatic hydroxyl groups is 1. The van der Waals surface area contributed by atoms with Gasteiger partial charge in [0.25, 0.3) is 5.91 Å². The van der Waals surface area contributed by atoms with Crippen molar-refractivity contribution in [3.8, 4) is 34.0 Å². The molecule has 0 aliphatic carbocycles. The summed E-state index contributed by atoms with van der Waals surface area (Å²) < 4.78 is 39.9. The van der Waals surface area contributed by atoms with Crippen molar-refractivity contribution in [3.05, 3.63) is 59.3 Å². The van der Waals surface area contributed by atoms with Gasteiger partial charge in [-0.2, -0.15) is 5.10 Å². The third-order valence-corrected chi connectivity index (χ3v) is 6.28. The molecule has 0 radical (unpaired) electrons. The Morgan fingerprint density at radius 3 is 2.51 bits per heavy atom. The summed E-state index contributed by atoms with van der Waals surface area (Å²) in [6.45, 7) is 2.06. The third-order valence-electron chi connectivity index (χ3n) is 6.28. The summed E-state index contributed by atoms with van der Waals surface area (Å²) in [7, 11) is 2.57. The average Bonchev–Trinajstić information content (AvgIpc) is 3.44. The van der Waals surface area contributed by atoms with E-state index in [9.17, 15) is 18.7 Å². The van der Waals surface area contributed by atoms with Gasteiger partial charge >= 0.3 is 0 Å². The smallest absolute Gasteiger partial charge is 0.254 e. The van der Waals surface area contributed by atoms with Gasteiger partial charge in [-0.15, -0.1) is 0 Å². The number of benzene rings is 2. The lowest BCUT2D eigenvalue weighted by Gasteiger charge is -2.21. The Morgan fingerprint density at radius 1 is 1.14 bits per heavy atom. The van der Waals surface area contributed by atoms with Gasteiger partial charge in [-0.05, 0) is 30.7 Å². The second-order valence-electron chi connectivity index (χ2n) is 8.31. The standard InChI is InChI=1S/C25H22F2N4O4/c1-12(11-32)31-10-14-6-13(4-5-15(14)25(31)33)24-16-9-28-18(7-17(16)29-30-24)21-22(26)19(34-2)8-20(35-3)23(21)27/h4-9,12,32H,10-11H2,1-3H3,(H,29,30). The molecule has 0 fully saturated rings. The molecule has 2 N–H and O–H groups in total. The predicted octanol–water partition coefficient (Wildman–Crippen LogP) is 3.92. The van der Waals surface area contributed by atoms with Crippen LogP contribution in [0.3, 0.4) is 0 Å². The highest BCUT2D eigenvalue weighted by molar-refractivity contribution is 6.00. The molecule has 3 heterocycles. The molecule has 8 nitrogen and oxygen atoms in total. The molecule has 5 rings (SSSR count). The number of amides is 1. The number of nitrogens with zero attached hydrogens (tertiary/aromatic N) is 3. The Kier molecular flexibility index (Phi) is 5.60. The molecule has 1 aliphatic heterocycles. The number of carbonyl (C=O) groups is 1. The molecule has 0 saturated heterocycles. The highest BCUT2D eigenvalue weighted by Gasteiger charge is 2.31. The van der Waals surface area contributed by atoms with Crippen LogP contribution in [0.2, 0.25) is 0 Å². The van der Waals surface area contributed by atoms with E-state index in [4.69, 9.17) is 9.47 Å². The highest BCUT2D eigenvalue weighted by atomic mass is 19.1. The van der Waals surface area contributed by atoms with Crippen LogP contribution in [0.4, 0.5) is 8.78 Å². The van der Waals surface area contributed by atoms with E-state index in [1.54, 1.807) is 24.0 Å². The van der Waals surface area contributed by atoms with Crippen molar-refractivity contribution in [2.75, 3.05) is 20.8 Å². The number of rotatable bonds is 6. The van der Waals surface area contributed by atoms with Gasteiger partial charge in [0, 0.05) is 35.3 Å². The zero-order valence-electron chi connectivity index (χ0n) is 19.2. The number of ether oxygens (including phenoxy) is 2. The normalized spacial score (nSPS) is 13.9. The number of nitrogens with one attached hydrogen (secondary N) is 1. The number of carbonyl (C=O) groups excluding carboxylic acids is 1. The van der Waals surface area contributed by atoms with Crippen LogP contribution in [0.15, 0.2) is 36.5 Å². The second-order valence-corrected chi connectivity index (χ2v) is 8.31. The fraction of sp³-hybridized carbons (Fsp3) is 0.240. The number of hydrogen-bond acceptors (Lipinski definition) is 6. The van der Waals surface area contributed by atoms with Gasteiger partial charge in [-0.25, -0.2) is 8.78 Å². The minimum absolute atomic E-state index is 0.0492. The summed E-state index contributed by atoms with van der Waals surface area (Å²) in [4.78, 5) is 18.5. The van der Waals surface area contributed by atoms with E-state index in [0.29, 0.717) is 28.7 Å². The molecule has 0 saturated carbocycles. The molecule has 35 heavy (non-hydrogen) atoms. The largest absolute Gasteiger partial charge is 0.494 e. The molecule has 0 spiro atoms. The van der Waals surface area contributed by atoms with E-state index in [0.717, 1.165) is 17.2 Å². The van der Waals surface area contributed by atoms with Crippen molar-refractivity contribution in [2.24, 2.45) is 0 Å². The Labute approximate surface area is 199 Å². The first-order valence-electron chi connectivity index (χ1n) is 10.9. The van der Waals surface area contributed by atoms with Crippen LogP contribution in [0, 0.1) is 11.6 Å². The van der Waals surface area contributed by atoms with Crippen LogP contribution in [-0.2, 0) is 6.54 Å². The van der Waals surface area contributed by atoms with Crippen molar-refractivity contribution in [1.82, 2.24) is 20.1 Å². The number of methoxy groups -OCH3 is 2. The molecular weight excluding hydrogens is 458 g/mol. The molecule has 2 aromatic heterocycles. The summed E-state index contributed by atoms with van der Waals surface area (Å²) in [5.74, 6) is -2.22. The van der Waals surface area contributed by atoms with Crippen LogP contribution in [-0.4, -0.2) is 58.0 Å². The summed E-state index contributed by atoms with van der Waals surface area (Å²) in [5.41, 5.74) is 2.98. The Bertz CT molecular complexity index is 1440. The molecule has 1 atom stereocenters. The quantitative estimate of drug-likeness (QED) is 0.434. The molecule has 180 valence electrons. The zero-order valence-corrected chi connectivity index (χ0v) is 19.2. The number of fused-ring (bicyclic) bond motifs is 2. The molecule has 0 bridgehead atoms. The molecule has 2 aromatic carbocycles. The predicted molar refractivity (Wildman–Crippen MR) is 124 cm³/mol. The lowest BCUT2D eigenvalue weighted by atomic mass is 10.0. The summed E-state index contributed by atoms with van der Waals surface area (Å²) in [6.07, 6.45) is 1.49. The van der Waals surface area contributed by atoms with Crippen LogP contribution >= 0.6 is 0 Å². The fourth-order valence-electron chi connectivity index (χ4n) is 4.33. The average molecular weight is 480 g/mol. The fourth-order valence-corrected chi connectivity index (χ4v) is 4.33. The van der Waals surface area contributed by atoms with Gasteiger partial charge in [0.2, 0.25) is 0 Å². The van der Waals surface area contributed by atoms with Gasteiger partial charge in [0.05, 0.1) is 43.6 Å². The van der Waals surface area contributed by atoms with Gasteiger partial charge in [-0.3, -0.25) is 14.9 Å². The number of pyridine rings is 1. The molecule has 10 heteroatoms. The molecule has 1 aliphatic rings. The van der Waals surface area contributed by atoms with Crippen molar-refractivity contribution in [1.29, 1.82) is 0 Å². The van der Waals surface area contributed by atoms with Crippen molar-refractivity contribution >= 4 is 16.8 Å². The Morgan fingerprint density at radius 2 is 1.86 bits per heavy atom. The molecule has 1 amide bonds. The van der Waals surface area contributed by atoms with E-state index >= 15 is 0 Å². The summed E-state index contributed by atoms with van der Waals surface area (Å²) in [6, 6.07) is 7.78. The van der Waals surface area contributed by atoms with Crippen LogP contribution in [0.1, 0.15) is 22.8 Å². The number of H-pyrrole nitrogens is 1. The molecular formula is C25H22F2N4O4. The maximum atomic E-state index is 14.9. The number of aliphatic hydroxyl groups excluding tert-OH is 1. The lowest BCUT2D eigenvalue weighted by Crippen LogP contribution is -2.35. The van der Waals surface area contributed by atoms with Crippen LogP contribution < -0.4 is 9.47 Å². The first-order valence-corrected chi connectivity index (χ1v) is 10.9. The van der Waals surface area contributed by atoms with Crippen LogP contribution in [0.25, 0.3) is 33.4 Å². The van der Waals surface area contributed by atoms with Crippen molar-refractivity contribution < 1.29 is 28.2 Å². The van der Waals surface area contributed by atoms with E-state index in [-0.39, 0.29) is 41.3 Å². The van der Waals surface area contributed by atoms with Gasteiger partial charge in [0.1, 0.15) is 5.69 Å². The van der Waals surface area contributed by atoms with Crippen molar-refractivity contribution in [2.45, 2.75) is 19.5 Å². The van der Waals surface area contributed by atoms with E-state index < -0.39 is 11.6 Å². The van der Waals surface area contributed by atoms with Gasteiger partial charge < -0.3 is 19.5 Å². The topological polar surface area (TPSA) is 101 Å². The van der Waals surface area contributed by atoms with E-state index in [1.165, 1.54) is 26.5 Å². The van der Waals surface area contributed by atoms with Crippen molar-refractivity contribution in [3.63, 3.8) is 0 Å². The van der Waals surface area contributed by atoms with E-state index in [1.807, 2.05) is 6.07 Å². The zero-order chi connectivity index (χ0) is 24.9. The Hall–Kier alpha value is -4.05. The maximum absolute atomic E-state index is 14.9. The minimum atomic E-state index is -0.887. The summed E-state index contributed by atoms with van der Waals surface area (Å²) in [5, 5.41) is 17.4. The highest BCUT2D eigenvalue weighted by Crippen LogP contribution is 2.38. The SMILES string of the molecule is COc1cc(OC)c(F)c(-c2cc3[nH]nc(-c4ccc5c(c4)CN(C(C)CO)C5=O)c3cn2)c1F. The Balaban J connectivity index is 1.55. The maximum Gasteiger partial charge on any atom is 0.254 e. The number of halogens is 2. The molecule has 4 aromatic rings. The lowest BCUT2D eigenvalue weighted by molar-refractivity contribution is 0.0644. The monoisotopic (exact) mass is 480 g/mol. The first kappa shape index (κ1) is 22.7. The number of aromatic nitrogens is 3. The third kappa shape index (κ3) is 3.57. The summed E-state index contributed by atoms with van der Waals surface area (Å²) >= 11 is 0. The minimum Gasteiger partial charge on any atom is -0.494 e. The van der Waals surface area contributed by atoms with Gasteiger partial charge in [-0.1, -0.05) is 6.07 Å². The number of hydrogen-bond donors (Lipinski definition) is 2. The number of aromatic amines is 1. The second kappa shape index (κ2) is 8.62. The van der Waals surface area contributed by atoms with Gasteiger partial charge in [0.15, 0.2) is 23.1 Å². The van der Waals surface area contributed by atoms with Crippen LogP contribution in [0.5, 0.6) is 11.5 Å². The molecule has 1 unspecified atom stereocenters. The first-order chi connectivity index (χ1) is 16.9.